The Morgan fingerprint density at radius 3 is 2.56 bits per heavy atom. The van der Waals surface area contributed by atoms with Gasteiger partial charge in [-0.2, -0.15) is 0 Å². The molecule has 0 spiro atoms. The van der Waals surface area contributed by atoms with Crippen LogP contribution in [0.25, 0.3) is 0 Å². The zero-order chi connectivity index (χ0) is 11.6. The lowest BCUT2D eigenvalue weighted by atomic mass is 9.66. The molecule has 0 aromatic rings. The molecule has 2 aliphatic rings. The van der Waals surface area contributed by atoms with Gasteiger partial charge < -0.3 is 5.32 Å². The lowest BCUT2D eigenvalue weighted by Gasteiger charge is -2.48. The van der Waals surface area contributed by atoms with Crippen LogP contribution >= 0.6 is 0 Å². The number of nitrogens with zero attached hydrogens (tertiary/aromatic N) is 1. The van der Waals surface area contributed by atoms with Gasteiger partial charge >= 0.3 is 0 Å². The van der Waals surface area contributed by atoms with E-state index < -0.39 is 0 Å². The van der Waals surface area contributed by atoms with Gasteiger partial charge in [0.25, 0.3) is 0 Å². The van der Waals surface area contributed by atoms with Crippen LogP contribution in [0.15, 0.2) is 0 Å². The normalized spacial score (nSPS) is 34.7. The molecule has 0 aromatic heterocycles. The number of piperidine rings is 1. The Labute approximate surface area is 101 Å². The predicted molar refractivity (Wildman–Crippen MR) is 69.7 cm³/mol. The molecule has 0 aromatic carbocycles. The van der Waals surface area contributed by atoms with Crippen LogP contribution in [0.2, 0.25) is 0 Å². The first-order chi connectivity index (χ1) is 7.69. The Balaban J connectivity index is 1.86. The van der Waals surface area contributed by atoms with Crippen molar-refractivity contribution in [1.29, 1.82) is 0 Å². The summed E-state index contributed by atoms with van der Waals surface area (Å²) >= 11 is 0. The third kappa shape index (κ3) is 2.43. The summed E-state index contributed by atoms with van der Waals surface area (Å²) in [7, 11) is 2.10. The van der Waals surface area contributed by atoms with E-state index in [1.54, 1.807) is 0 Å². The second-order valence-electron chi connectivity index (χ2n) is 6.04. The van der Waals surface area contributed by atoms with Crippen molar-refractivity contribution in [3.05, 3.63) is 0 Å². The maximum absolute atomic E-state index is 3.43. The minimum atomic E-state index is 0.695. The molecule has 2 rings (SSSR count). The fourth-order valence-electron chi connectivity index (χ4n) is 3.45. The monoisotopic (exact) mass is 224 g/mol. The van der Waals surface area contributed by atoms with Gasteiger partial charge in [-0.1, -0.05) is 13.3 Å². The minimum Gasteiger partial charge on any atom is -0.317 e. The fourth-order valence-corrected chi connectivity index (χ4v) is 3.45. The lowest BCUT2D eigenvalue weighted by molar-refractivity contribution is 0.0251. The molecule has 1 saturated heterocycles. The second kappa shape index (κ2) is 5.05. The molecule has 2 heteroatoms. The van der Waals surface area contributed by atoms with E-state index in [2.05, 4.69) is 31.1 Å². The van der Waals surface area contributed by atoms with Crippen molar-refractivity contribution < 1.29 is 0 Å². The predicted octanol–water partition coefficient (Wildman–Crippen LogP) is 2.64. The molecule has 0 bridgehead atoms. The van der Waals surface area contributed by atoms with E-state index in [-0.39, 0.29) is 0 Å². The van der Waals surface area contributed by atoms with Gasteiger partial charge in [-0.15, -0.1) is 0 Å². The van der Waals surface area contributed by atoms with Crippen molar-refractivity contribution in [2.75, 3.05) is 20.1 Å². The molecule has 1 aliphatic carbocycles. The number of hydrogen-bond acceptors (Lipinski definition) is 2. The van der Waals surface area contributed by atoms with E-state index in [1.807, 2.05) is 0 Å². The van der Waals surface area contributed by atoms with Crippen molar-refractivity contribution in [1.82, 2.24) is 10.2 Å². The van der Waals surface area contributed by atoms with Crippen LogP contribution in [-0.4, -0.2) is 37.1 Å². The second-order valence-corrected chi connectivity index (χ2v) is 6.04. The van der Waals surface area contributed by atoms with E-state index >= 15 is 0 Å². The summed E-state index contributed by atoms with van der Waals surface area (Å²) < 4.78 is 0. The molecule has 16 heavy (non-hydrogen) atoms. The molecule has 1 saturated carbocycles. The van der Waals surface area contributed by atoms with Crippen LogP contribution < -0.4 is 5.32 Å². The summed E-state index contributed by atoms with van der Waals surface area (Å²) in [6, 6.07) is 1.53. The van der Waals surface area contributed by atoms with Gasteiger partial charge in [0.05, 0.1) is 0 Å². The van der Waals surface area contributed by atoms with Crippen molar-refractivity contribution in [3.63, 3.8) is 0 Å². The van der Waals surface area contributed by atoms with Gasteiger partial charge in [-0.25, -0.2) is 0 Å². The third-order valence-corrected chi connectivity index (χ3v) is 5.12. The molecular formula is C14H28N2. The molecule has 0 amide bonds. The van der Waals surface area contributed by atoms with Gasteiger partial charge in [0.1, 0.15) is 0 Å². The first-order valence-electron chi connectivity index (χ1n) is 7.10. The van der Waals surface area contributed by atoms with E-state index in [4.69, 9.17) is 0 Å². The lowest BCUT2D eigenvalue weighted by Crippen LogP contribution is -2.51. The zero-order valence-electron chi connectivity index (χ0n) is 11.3. The van der Waals surface area contributed by atoms with Crippen LogP contribution in [0.5, 0.6) is 0 Å². The number of nitrogens with one attached hydrogen (secondary N) is 1. The molecular weight excluding hydrogens is 196 g/mol. The van der Waals surface area contributed by atoms with Crippen LogP contribution in [0.1, 0.15) is 52.4 Å². The standard InChI is InChI=1S/C14H28N2/c1-4-14(7-5-8-14)11-16-9-6-13(15-3)10-12(16)2/h12-13,15H,4-11H2,1-3H3. The average Bonchev–Trinajstić information content (AvgIpc) is 2.25. The van der Waals surface area contributed by atoms with Crippen molar-refractivity contribution in [3.8, 4) is 0 Å². The molecule has 2 unspecified atom stereocenters. The largest absolute Gasteiger partial charge is 0.317 e. The van der Waals surface area contributed by atoms with E-state index in [1.165, 1.54) is 51.6 Å². The first kappa shape index (κ1) is 12.4. The highest BCUT2D eigenvalue weighted by atomic mass is 15.2. The highest BCUT2D eigenvalue weighted by Crippen LogP contribution is 2.45. The van der Waals surface area contributed by atoms with Crippen molar-refractivity contribution >= 4 is 0 Å². The van der Waals surface area contributed by atoms with E-state index in [9.17, 15) is 0 Å². The molecule has 1 heterocycles. The smallest absolute Gasteiger partial charge is 0.00910 e. The summed E-state index contributed by atoms with van der Waals surface area (Å²) in [6.45, 7) is 7.45. The summed E-state index contributed by atoms with van der Waals surface area (Å²) in [6.07, 6.45) is 8.46. The van der Waals surface area contributed by atoms with Crippen molar-refractivity contribution in [2.45, 2.75) is 64.5 Å². The SMILES string of the molecule is CCC1(CN2CCC(NC)CC2C)CCC1. The van der Waals surface area contributed by atoms with Crippen LogP contribution in [-0.2, 0) is 0 Å². The summed E-state index contributed by atoms with van der Waals surface area (Å²) in [4.78, 5) is 2.75. The maximum Gasteiger partial charge on any atom is 0.00910 e. The van der Waals surface area contributed by atoms with Gasteiger partial charge in [-0.3, -0.25) is 4.90 Å². The highest BCUT2D eigenvalue weighted by Gasteiger charge is 2.38. The molecule has 0 radical (unpaired) electrons. The average molecular weight is 224 g/mol. The van der Waals surface area contributed by atoms with Gasteiger partial charge in [0.2, 0.25) is 0 Å². The summed E-state index contributed by atoms with van der Waals surface area (Å²) in [5.74, 6) is 0. The van der Waals surface area contributed by atoms with E-state index in [0.717, 1.165) is 12.1 Å². The Hall–Kier alpha value is -0.0800. The highest BCUT2D eigenvalue weighted by molar-refractivity contribution is 4.92. The Morgan fingerprint density at radius 1 is 1.38 bits per heavy atom. The Morgan fingerprint density at radius 2 is 2.12 bits per heavy atom. The van der Waals surface area contributed by atoms with Gasteiger partial charge in [0, 0.05) is 18.6 Å². The number of rotatable bonds is 4. The Bertz CT molecular complexity index is 217. The molecule has 1 aliphatic heterocycles. The van der Waals surface area contributed by atoms with Crippen LogP contribution in [0.4, 0.5) is 0 Å². The molecule has 1 N–H and O–H groups in total. The topological polar surface area (TPSA) is 15.3 Å². The number of hydrogen-bond donors (Lipinski definition) is 1. The molecule has 94 valence electrons. The Kier molecular flexibility index (Phi) is 3.91. The van der Waals surface area contributed by atoms with Crippen LogP contribution in [0.3, 0.4) is 0 Å². The van der Waals surface area contributed by atoms with Gasteiger partial charge in [-0.05, 0) is 58.0 Å². The fraction of sp³-hybridized carbons (Fsp3) is 1.00. The quantitative estimate of drug-likeness (QED) is 0.790. The number of likely N-dealkylation sites (tertiary alicyclic amines) is 1. The van der Waals surface area contributed by atoms with E-state index in [0.29, 0.717) is 5.41 Å². The molecule has 2 fully saturated rings. The minimum absolute atomic E-state index is 0.695. The first-order valence-corrected chi connectivity index (χ1v) is 7.10. The van der Waals surface area contributed by atoms with Crippen molar-refractivity contribution in [2.24, 2.45) is 5.41 Å². The maximum atomic E-state index is 3.43. The summed E-state index contributed by atoms with van der Waals surface area (Å²) in [5, 5.41) is 3.43. The summed E-state index contributed by atoms with van der Waals surface area (Å²) in [5.41, 5.74) is 0.695. The third-order valence-electron chi connectivity index (χ3n) is 5.12. The zero-order valence-corrected chi connectivity index (χ0v) is 11.3. The molecule has 2 nitrogen and oxygen atoms in total. The van der Waals surface area contributed by atoms with Gasteiger partial charge in [0.15, 0.2) is 0 Å². The molecule has 2 atom stereocenters. The van der Waals surface area contributed by atoms with Crippen LogP contribution in [0, 0.1) is 5.41 Å².